The van der Waals surface area contributed by atoms with Gasteiger partial charge >= 0.3 is 0 Å². The highest BCUT2D eigenvalue weighted by Gasteiger charge is 2.17. The molecule has 1 aromatic carbocycles. The summed E-state index contributed by atoms with van der Waals surface area (Å²) < 4.78 is 27.2. The Balaban J connectivity index is 2.33. The smallest absolute Gasteiger partial charge is 0.271 e. The van der Waals surface area contributed by atoms with Gasteiger partial charge in [0.05, 0.1) is 5.69 Å². The molecule has 0 aliphatic heterocycles. The number of nitriles is 1. The lowest BCUT2D eigenvalue weighted by Gasteiger charge is -2.17. The van der Waals surface area contributed by atoms with Crippen LogP contribution >= 0.6 is 11.3 Å². The fourth-order valence-electron chi connectivity index (χ4n) is 1.88. The van der Waals surface area contributed by atoms with Crippen LogP contribution in [0.15, 0.2) is 34.5 Å². The number of thiophene rings is 1. The van der Waals surface area contributed by atoms with Crippen molar-refractivity contribution in [2.45, 2.75) is 11.1 Å². The van der Waals surface area contributed by atoms with Gasteiger partial charge in [-0.05, 0) is 36.8 Å². The first-order valence-electron chi connectivity index (χ1n) is 6.14. The van der Waals surface area contributed by atoms with Crippen LogP contribution in [0.3, 0.4) is 0 Å². The van der Waals surface area contributed by atoms with E-state index in [2.05, 4.69) is 4.72 Å². The molecular weight excluding hydrogens is 306 g/mol. The van der Waals surface area contributed by atoms with E-state index in [0.717, 1.165) is 22.6 Å². The molecule has 21 heavy (non-hydrogen) atoms. The molecule has 1 heterocycles. The van der Waals surface area contributed by atoms with Crippen molar-refractivity contribution in [2.75, 3.05) is 23.7 Å². The van der Waals surface area contributed by atoms with Gasteiger partial charge < -0.3 is 4.90 Å². The van der Waals surface area contributed by atoms with E-state index in [-0.39, 0.29) is 4.21 Å². The molecule has 0 amide bonds. The Morgan fingerprint density at radius 3 is 2.52 bits per heavy atom. The van der Waals surface area contributed by atoms with Crippen molar-refractivity contribution >= 4 is 32.7 Å². The second kappa shape index (κ2) is 5.76. The highest BCUT2D eigenvalue weighted by atomic mass is 32.2. The van der Waals surface area contributed by atoms with E-state index in [0.29, 0.717) is 10.6 Å². The van der Waals surface area contributed by atoms with Gasteiger partial charge in [0.15, 0.2) is 0 Å². The zero-order valence-electron chi connectivity index (χ0n) is 11.9. The SMILES string of the molecule is Cc1ccc(NS(=O)(=O)c2ccc(C#N)s2)cc1N(C)C. The first kappa shape index (κ1) is 15.4. The summed E-state index contributed by atoms with van der Waals surface area (Å²) in [6.07, 6.45) is 0. The van der Waals surface area contributed by atoms with Gasteiger partial charge in [-0.25, -0.2) is 8.42 Å². The summed E-state index contributed by atoms with van der Waals surface area (Å²) in [5, 5.41) is 8.77. The number of nitrogens with one attached hydrogen (secondary N) is 1. The monoisotopic (exact) mass is 321 g/mol. The third-order valence-corrected chi connectivity index (χ3v) is 5.76. The second-order valence-corrected chi connectivity index (χ2v) is 7.72. The largest absolute Gasteiger partial charge is 0.377 e. The summed E-state index contributed by atoms with van der Waals surface area (Å²) >= 11 is 0.951. The van der Waals surface area contributed by atoms with E-state index < -0.39 is 10.0 Å². The third kappa shape index (κ3) is 3.35. The summed E-state index contributed by atoms with van der Waals surface area (Å²) in [4.78, 5) is 2.29. The lowest BCUT2D eigenvalue weighted by Crippen LogP contribution is -2.14. The number of aryl methyl sites for hydroxylation is 1. The molecular formula is C14H15N3O2S2. The summed E-state index contributed by atoms with van der Waals surface area (Å²) in [5.41, 5.74) is 2.50. The molecule has 0 bridgehead atoms. The van der Waals surface area contributed by atoms with Gasteiger partial charge in [0.1, 0.15) is 15.2 Å². The van der Waals surface area contributed by atoms with Crippen LogP contribution in [0.25, 0.3) is 0 Å². The van der Waals surface area contributed by atoms with Crippen LogP contribution in [0.4, 0.5) is 11.4 Å². The molecule has 0 saturated carbocycles. The maximum atomic E-state index is 12.3. The maximum absolute atomic E-state index is 12.3. The summed E-state index contributed by atoms with van der Waals surface area (Å²) in [5.74, 6) is 0. The third-order valence-electron chi connectivity index (χ3n) is 2.90. The number of benzene rings is 1. The van der Waals surface area contributed by atoms with Gasteiger partial charge in [0.2, 0.25) is 0 Å². The zero-order valence-corrected chi connectivity index (χ0v) is 13.5. The highest BCUT2D eigenvalue weighted by molar-refractivity contribution is 7.94. The topological polar surface area (TPSA) is 73.2 Å². The van der Waals surface area contributed by atoms with Gasteiger partial charge in [-0.15, -0.1) is 11.3 Å². The fourth-order valence-corrected chi connectivity index (χ4v) is 4.04. The highest BCUT2D eigenvalue weighted by Crippen LogP contribution is 2.27. The second-order valence-electron chi connectivity index (χ2n) is 4.73. The average molecular weight is 321 g/mol. The normalized spacial score (nSPS) is 11.0. The molecule has 0 spiro atoms. The number of anilines is 2. The van der Waals surface area contributed by atoms with Crippen molar-refractivity contribution < 1.29 is 8.42 Å². The van der Waals surface area contributed by atoms with Crippen LogP contribution in [0.2, 0.25) is 0 Å². The Kier molecular flexibility index (Phi) is 4.21. The summed E-state index contributed by atoms with van der Waals surface area (Å²) in [6.45, 7) is 1.96. The quantitative estimate of drug-likeness (QED) is 0.940. The lowest BCUT2D eigenvalue weighted by molar-refractivity contribution is 0.603. The Morgan fingerprint density at radius 1 is 1.24 bits per heavy atom. The van der Waals surface area contributed by atoms with Gasteiger partial charge in [-0.3, -0.25) is 4.72 Å². The van der Waals surface area contributed by atoms with E-state index in [1.54, 1.807) is 12.1 Å². The van der Waals surface area contributed by atoms with E-state index in [1.165, 1.54) is 12.1 Å². The van der Waals surface area contributed by atoms with Crippen molar-refractivity contribution in [3.8, 4) is 6.07 Å². The molecule has 0 aliphatic carbocycles. The van der Waals surface area contributed by atoms with Crippen molar-refractivity contribution in [2.24, 2.45) is 0 Å². The minimum atomic E-state index is -3.66. The van der Waals surface area contributed by atoms with Crippen LogP contribution in [-0.4, -0.2) is 22.5 Å². The van der Waals surface area contributed by atoms with Crippen LogP contribution in [0.1, 0.15) is 10.4 Å². The predicted molar refractivity (Wildman–Crippen MR) is 85.3 cm³/mol. The van der Waals surface area contributed by atoms with E-state index >= 15 is 0 Å². The number of rotatable bonds is 4. The minimum Gasteiger partial charge on any atom is -0.377 e. The molecule has 0 radical (unpaired) electrons. The fraction of sp³-hybridized carbons (Fsp3) is 0.214. The molecule has 0 fully saturated rings. The molecule has 7 heteroatoms. The van der Waals surface area contributed by atoms with Crippen LogP contribution in [0, 0.1) is 18.3 Å². The number of sulfonamides is 1. The van der Waals surface area contributed by atoms with Crippen LogP contribution in [-0.2, 0) is 10.0 Å². The zero-order chi connectivity index (χ0) is 15.6. The van der Waals surface area contributed by atoms with Crippen molar-refractivity contribution in [3.05, 3.63) is 40.8 Å². The Bertz CT molecular complexity index is 802. The standard InChI is InChI=1S/C14H15N3O2S2/c1-10-4-5-11(8-13(10)17(2)3)16-21(18,19)14-7-6-12(9-15)20-14/h4-8,16H,1-3H3. The maximum Gasteiger partial charge on any atom is 0.271 e. The molecule has 1 aromatic heterocycles. The van der Waals surface area contributed by atoms with E-state index in [9.17, 15) is 8.42 Å². The Morgan fingerprint density at radius 2 is 1.95 bits per heavy atom. The Hall–Kier alpha value is -2.04. The molecule has 0 saturated heterocycles. The first-order valence-corrected chi connectivity index (χ1v) is 8.44. The first-order chi connectivity index (χ1) is 9.83. The number of hydrogen-bond acceptors (Lipinski definition) is 5. The number of hydrogen-bond donors (Lipinski definition) is 1. The molecule has 0 aliphatic rings. The van der Waals surface area contributed by atoms with Crippen LogP contribution < -0.4 is 9.62 Å². The molecule has 0 atom stereocenters. The summed E-state index contributed by atoms with van der Waals surface area (Å²) in [6, 6.07) is 10.2. The van der Waals surface area contributed by atoms with Crippen molar-refractivity contribution in [1.29, 1.82) is 5.26 Å². The predicted octanol–water partition coefficient (Wildman–Crippen LogP) is 2.80. The van der Waals surface area contributed by atoms with Gasteiger partial charge in [0, 0.05) is 19.8 Å². The molecule has 2 aromatic rings. The molecule has 5 nitrogen and oxygen atoms in total. The van der Waals surface area contributed by atoms with Gasteiger partial charge in [0.25, 0.3) is 10.0 Å². The van der Waals surface area contributed by atoms with Gasteiger partial charge in [-0.2, -0.15) is 5.26 Å². The number of nitrogens with zero attached hydrogens (tertiary/aromatic N) is 2. The van der Waals surface area contributed by atoms with E-state index in [1.807, 2.05) is 38.1 Å². The van der Waals surface area contributed by atoms with E-state index in [4.69, 9.17) is 5.26 Å². The molecule has 0 unspecified atom stereocenters. The average Bonchev–Trinajstić information content (AvgIpc) is 2.90. The minimum absolute atomic E-state index is 0.131. The van der Waals surface area contributed by atoms with Crippen molar-refractivity contribution in [3.63, 3.8) is 0 Å². The molecule has 110 valence electrons. The summed E-state index contributed by atoms with van der Waals surface area (Å²) in [7, 11) is 0.145. The van der Waals surface area contributed by atoms with Crippen LogP contribution in [0.5, 0.6) is 0 Å². The molecule has 2 rings (SSSR count). The lowest BCUT2D eigenvalue weighted by atomic mass is 10.2. The van der Waals surface area contributed by atoms with Crippen molar-refractivity contribution in [1.82, 2.24) is 0 Å². The Labute approximate surface area is 128 Å². The van der Waals surface area contributed by atoms with Gasteiger partial charge in [-0.1, -0.05) is 6.07 Å². The molecule has 1 N–H and O–H groups in total.